The monoisotopic (exact) mass is 198 g/mol. The third-order valence-corrected chi connectivity index (χ3v) is 1.59. The zero-order valence-electron chi connectivity index (χ0n) is 7.99. The van der Waals surface area contributed by atoms with Gasteiger partial charge in [0.25, 0.3) is 0 Å². The number of nitrogens with two attached hydrogens (primary N) is 1. The van der Waals surface area contributed by atoms with Gasteiger partial charge in [-0.3, -0.25) is 10.3 Å². The van der Waals surface area contributed by atoms with Gasteiger partial charge in [0.1, 0.15) is 0 Å². The summed E-state index contributed by atoms with van der Waals surface area (Å²) >= 11 is 0. The normalized spacial score (nSPS) is 9.86. The predicted octanol–water partition coefficient (Wildman–Crippen LogP) is 0.703. The van der Waals surface area contributed by atoms with Gasteiger partial charge in [0.2, 0.25) is 0 Å². The van der Waals surface area contributed by atoms with E-state index < -0.39 is 0 Å². The van der Waals surface area contributed by atoms with Gasteiger partial charge in [0.15, 0.2) is 11.5 Å². The van der Waals surface area contributed by atoms with Crippen LogP contribution in [-0.2, 0) is 4.84 Å². The summed E-state index contributed by atoms with van der Waals surface area (Å²) in [4.78, 5) is 4.97. The van der Waals surface area contributed by atoms with Crippen molar-refractivity contribution >= 4 is 5.69 Å². The Bertz CT molecular complexity index is 291. The molecular weight excluding hydrogens is 184 g/mol. The lowest BCUT2D eigenvalue weighted by molar-refractivity contribution is 0.202. The minimum atomic E-state index is 0.0637. The van der Waals surface area contributed by atoms with Crippen molar-refractivity contribution in [2.24, 2.45) is 5.73 Å². The van der Waals surface area contributed by atoms with Gasteiger partial charge in [-0.05, 0) is 12.1 Å². The fraction of sp³-hybridized carbons (Fsp3) is 0.333. The van der Waals surface area contributed by atoms with Crippen LogP contribution in [0.15, 0.2) is 18.2 Å². The first-order chi connectivity index (χ1) is 6.77. The van der Waals surface area contributed by atoms with Crippen LogP contribution < -0.4 is 16.0 Å². The number of hydrogen-bond acceptors (Lipinski definition) is 5. The fourth-order valence-electron chi connectivity index (χ4n) is 0.947. The van der Waals surface area contributed by atoms with E-state index in [1.165, 1.54) is 13.2 Å². The Labute approximate surface area is 82.4 Å². The molecule has 0 radical (unpaired) electrons. The molecule has 5 nitrogen and oxygen atoms in total. The highest BCUT2D eigenvalue weighted by Gasteiger charge is 2.01. The number of ether oxygens (including phenoxy) is 1. The molecule has 0 amide bonds. The highest BCUT2D eigenvalue weighted by atomic mass is 16.6. The molecule has 0 aliphatic rings. The minimum Gasteiger partial charge on any atom is -0.504 e. The van der Waals surface area contributed by atoms with Gasteiger partial charge in [-0.2, -0.15) is 0 Å². The second-order valence-corrected chi connectivity index (χ2v) is 2.63. The molecule has 0 aliphatic heterocycles. The molecule has 0 aliphatic carbocycles. The van der Waals surface area contributed by atoms with Crippen molar-refractivity contribution < 1.29 is 14.7 Å². The number of phenolic OH excluding ortho intramolecular Hbond substituents is 1. The molecule has 4 N–H and O–H groups in total. The first-order valence-corrected chi connectivity index (χ1v) is 4.23. The van der Waals surface area contributed by atoms with Gasteiger partial charge in [-0.15, -0.1) is 0 Å². The summed E-state index contributed by atoms with van der Waals surface area (Å²) in [6.07, 6.45) is 0. The maximum atomic E-state index is 9.40. The van der Waals surface area contributed by atoms with Crippen LogP contribution in [0.4, 0.5) is 5.69 Å². The molecule has 0 heterocycles. The first-order valence-electron chi connectivity index (χ1n) is 4.23. The van der Waals surface area contributed by atoms with Crippen molar-refractivity contribution in [3.8, 4) is 11.5 Å². The summed E-state index contributed by atoms with van der Waals surface area (Å²) in [5.74, 6) is 0.489. The van der Waals surface area contributed by atoms with Crippen molar-refractivity contribution in [3.05, 3.63) is 18.2 Å². The molecule has 1 rings (SSSR count). The van der Waals surface area contributed by atoms with Crippen molar-refractivity contribution in [1.29, 1.82) is 0 Å². The predicted molar refractivity (Wildman–Crippen MR) is 53.3 cm³/mol. The van der Waals surface area contributed by atoms with Crippen LogP contribution in [-0.4, -0.2) is 25.4 Å². The van der Waals surface area contributed by atoms with Crippen LogP contribution >= 0.6 is 0 Å². The van der Waals surface area contributed by atoms with E-state index in [0.717, 1.165) is 0 Å². The van der Waals surface area contributed by atoms with Crippen LogP contribution in [0.3, 0.4) is 0 Å². The fourth-order valence-corrected chi connectivity index (χ4v) is 0.947. The molecule has 0 saturated heterocycles. The number of hydrogen-bond donors (Lipinski definition) is 3. The van der Waals surface area contributed by atoms with Gasteiger partial charge < -0.3 is 15.6 Å². The SMILES string of the molecule is COc1ccc(NOCCN)cc1O. The molecule has 0 bridgehead atoms. The average molecular weight is 198 g/mol. The Balaban J connectivity index is 2.57. The van der Waals surface area contributed by atoms with Crippen LogP contribution in [0.1, 0.15) is 0 Å². The highest BCUT2D eigenvalue weighted by Crippen LogP contribution is 2.28. The molecule has 5 heteroatoms. The van der Waals surface area contributed by atoms with E-state index in [1.807, 2.05) is 0 Å². The highest BCUT2D eigenvalue weighted by molar-refractivity contribution is 5.52. The molecule has 14 heavy (non-hydrogen) atoms. The number of rotatable bonds is 5. The standard InChI is InChI=1S/C9H14N2O3/c1-13-9-3-2-7(6-8(9)12)11-14-5-4-10/h2-3,6,11-12H,4-5,10H2,1H3. The van der Waals surface area contributed by atoms with Crippen molar-refractivity contribution in [2.45, 2.75) is 0 Å². The first kappa shape index (κ1) is 10.6. The third-order valence-electron chi connectivity index (χ3n) is 1.59. The van der Waals surface area contributed by atoms with Gasteiger partial charge >= 0.3 is 0 Å². The summed E-state index contributed by atoms with van der Waals surface area (Å²) in [7, 11) is 1.49. The Morgan fingerprint density at radius 1 is 1.50 bits per heavy atom. The Kier molecular flexibility index (Phi) is 4.03. The summed E-state index contributed by atoms with van der Waals surface area (Å²) in [6, 6.07) is 4.88. The maximum Gasteiger partial charge on any atom is 0.160 e. The summed E-state index contributed by atoms with van der Waals surface area (Å²) in [5.41, 5.74) is 8.53. The number of phenols is 1. The molecule has 0 unspecified atom stereocenters. The maximum absolute atomic E-state index is 9.40. The molecule has 1 aromatic rings. The number of benzene rings is 1. The molecule has 0 fully saturated rings. The van der Waals surface area contributed by atoms with Gasteiger partial charge in [-0.1, -0.05) is 0 Å². The molecule has 1 aromatic carbocycles. The lowest BCUT2D eigenvalue weighted by atomic mass is 10.3. The number of nitrogens with one attached hydrogen (secondary N) is 1. The summed E-state index contributed by atoms with van der Waals surface area (Å²) < 4.78 is 4.89. The van der Waals surface area contributed by atoms with E-state index in [-0.39, 0.29) is 5.75 Å². The molecule has 0 spiro atoms. The van der Waals surface area contributed by atoms with Crippen LogP contribution in [0, 0.1) is 0 Å². The minimum absolute atomic E-state index is 0.0637. The number of anilines is 1. The van der Waals surface area contributed by atoms with E-state index in [4.69, 9.17) is 15.3 Å². The largest absolute Gasteiger partial charge is 0.504 e. The number of methoxy groups -OCH3 is 1. The summed E-state index contributed by atoms with van der Waals surface area (Å²) in [5, 5.41) is 9.40. The van der Waals surface area contributed by atoms with Crippen LogP contribution in [0.2, 0.25) is 0 Å². The summed E-state index contributed by atoms with van der Waals surface area (Å²) in [6.45, 7) is 0.849. The second-order valence-electron chi connectivity index (χ2n) is 2.63. The van der Waals surface area contributed by atoms with Crippen molar-refractivity contribution in [1.82, 2.24) is 0 Å². The van der Waals surface area contributed by atoms with E-state index in [2.05, 4.69) is 5.48 Å². The zero-order chi connectivity index (χ0) is 10.4. The van der Waals surface area contributed by atoms with Crippen LogP contribution in [0.25, 0.3) is 0 Å². The lowest BCUT2D eigenvalue weighted by Crippen LogP contribution is -2.11. The molecule has 0 aromatic heterocycles. The Morgan fingerprint density at radius 2 is 2.29 bits per heavy atom. The molecule has 0 atom stereocenters. The second kappa shape index (κ2) is 5.31. The lowest BCUT2D eigenvalue weighted by Gasteiger charge is -2.08. The quantitative estimate of drug-likeness (QED) is 0.479. The van der Waals surface area contributed by atoms with Gasteiger partial charge in [-0.25, -0.2) is 0 Å². The molecule has 78 valence electrons. The molecular formula is C9H14N2O3. The van der Waals surface area contributed by atoms with Crippen LogP contribution in [0.5, 0.6) is 11.5 Å². The zero-order valence-corrected chi connectivity index (χ0v) is 7.99. The Morgan fingerprint density at radius 3 is 2.86 bits per heavy atom. The van der Waals surface area contributed by atoms with E-state index in [9.17, 15) is 5.11 Å². The third kappa shape index (κ3) is 2.79. The molecule has 0 saturated carbocycles. The van der Waals surface area contributed by atoms with Crippen molar-refractivity contribution in [3.63, 3.8) is 0 Å². The van der Waals surface area contributed by atoms with E-state index in [0.29, 0.717) is 24.6 Å². The van der Waals surface area contributed by atoms with Gasteiger partial charge in [0.05, 0.1) is 19.4 Å². The smallest absolute Gasteiger partial charge is 0.160 e. The van der Waals surface area contributed by atoms with Crippen molar-refractivity contribution in [2.75, 3.05) is 25.7 Å². The van der Waals surface area contributed by atoms with E-state index >= 15 is 0 Å². The Hall–Kier alpha value is -1.46. The average Bonchev–Trinajstić information content (AvgIpc) is 2.18. The number of aromatic hydroxyl groups is 1. The van der Waals surface area contributed by atoms with Gasteiger partial charge in [0, 0.05) is 12.6 Å². The topological polar surface area (TPSA) is 76.7 Å². The van der Waals surface area contributed by atoms with E-state index in [1.54, 1.807) is 12.1 Å².